The molecule has 0 atom stereocenters. The zero-order chi connectivity index (χ0) is 15.4. The summed E-state index contributed by atoms with van der Waals surface area (Å²) < 4.78 is 7.21. The van der Waals surface area contributed by atoms with E-state index in [1.807, 2.05) is 35.0 Å². The molecule has 1 heterocycles. The number of ether oxygens (including phenoxy) is 1. The van der Waals surface area contributed by atoms with Crippen molar-refractivity contribution in [2.75, 3.05) is 19.4 Å². The van der Waals surface area contributed by atoms with E-state index in [2.05, 4.69) is 10.3 Å². The number of nitrogens with one attached hydrogen (secondary N) is 1. The first kappa shape index (κ1) is 15.0. The molecule has 0 radical (unpaired) electrons. The fourth-order valence-electron chi connectivity index (χ4n) is 2.11. The molecule has 0 spiro atoms. The van der Waals surface area contributed by atoms with E-state index < -0.39 is 0 Å². The van der Waals surface area contributed by atoms with E-state index in [1.165, 1.54) is 24.6 Å². The van der Waals surface area contributed by atoms with Crippen LogP contribution in [-0.2, 0) is 4.79 Å². The summed E-state index contributed by atoms with van der Waals surface area (Å²) in [6, 6.07) is 7.77. The molecule has 1 N–H and O–H groups in total. The number of methoxy groups -OCH3 is 1. The zero-order valence-electron chi connectivity index (χ0n) is 12.5. The van der Waals surface area contributed by atoms with E-state index in [1.54, 1.807) is 13.3 Å². The lowest BCUT2D eigenvalue weighted by atomic mass is 10.3. The van der Waals surface area contributed by atoms with Crippen molar-refractivity contribution in [3.8, 4) is 11.4 Å². The number of benzene rings is 1. The van der Waals surface area contributed by atoms with Gasteiger partial charge in [0.1, 0.15) is 5.75 Å². The highest BCUT2D eigenvalue weighted by Crippen LogP contribution is 2.27. The molecule has 1 aliphatic carbocycles. The van der Waals surface area contributed by atoms with Crippen LogP contribution in [0.2, 0.25) is 0 Å². The molecule has 0 unspecified atom stereocenters. The smallest absolute Gasteiger partial charge is 0.230 e. The number of aromatic nitrogens is 2. The largest absolute Gasteiger partial charge is 0.497 e. The van der Waals surface area contributed by atoms with E-state index in [9.17, 15) is 4.79 Å². The molecule has 1 aliphatic rings. The molecular weight excluding hydrogens is 298 g/mol. The lowest BCUT2D eigenvalue weighted by molar-refractivity contribution is -0.118. The van der Waals surface area contributed by atoms with Crippen LogP contribution >= 0.6 is 11.8 Å². The second-order valence-corrected chi connectivity index (χ2v) is 6.26. The SMILES string of the molecule is COc1cccc(-n2ccnc2SCC(=O)NCC2CC2)c1. The summed E-state index contributed by atoms with van der Waals surface area (Å²) in [5.41, 5.74) is 0.970. The van der Waals surface area contributed by atoms with Crippen LogP contribution in [0.4, 0.5) is 0 Å². The Bertz CT molecular complexity index is 652. The molecule has 116 valence electrons. The Kier molecular flexibility index (Phi) is 4.68. The Hall–Kier alpha value is -1.95. The molecule has 5 nitrogen and oxygen atoms in total. The number of carbonyl (C=O) groups excluding carboxylic acids is 1. The van der Waals surface area contributed by atoms with Crippen LogP contribution in [0.15, 0.2) is 41.8 Å². The number of amides is 1. The molecule has 22 heavy (non-hydrogen) atoms. The van der Waals surface area contributed by atoms with Crippen LogP contribution in [0.3, 0.4) is 0 Å². The average Bonchev–Trinajstić information content (AvgIpc) is 3.27. The number of hydrogen-bond acceptors (Lipinski definition) is 4. The minimum Gasteiger partial charge on any atom is -0.497 e. The third-order valence-electron chi connectivity index (χ3n) is 3.56. The Morgan fingerprint density at radius 1 is 1.50 bits per heavy atom. The van der Waals surface area contributed by atoms with Crippen molar-refractivity contribution in [3.05, 3.63) is 36.7 Å². The second-order valence-electron chi connectivity index (χ2n) is 5.32. The van der Waals surface area contributed by atoms with Gasteiger partial charge in [0.15, 0.2) is 5.16 Å². The molecule has 2 aromatic rings. The molecule has 0 saturated heterocycles. The third kappa shape index (κ3) is 3.82. The standard InChI is InChI=1S/C16H19N3O2S/c1-21-14-4-2-3-13(9-14)19-8-7-17-16(19)22-11-15(20)18-10-12-5-6-12/h2-4,7-9,12H,5-6,10-11H2,1H3,(H,18,20). The van der Waals surface area contributed by atoms with Gasteiger partial charge in [0.25, 0.3) is 0 Å². The van der Waals surface area contributed by atoms with E-state index >= 15 is 0 Å². The number of carbonyl (C=O) groups is 1. The van der Waals surface area contributed by atoms with Gasteiger partial charge in [0, 0.05) is 25.0 Å². The van der Waals surface area contributed by atoms with Gasteiger partial charge >= 0.3 is 0 Å². The maximum atomic E-state index is 11.8. The van der Waals surface area contributed by atoms with E-state index in [0.29, 0.717) is 11.7 Å². The average molecular weight is 317 g/mol. The summed E-state index contributed by atoms with van der Waals surface area (Å²) in [5, 5.41) is 3.77. The topological polar surface area (TPSA) is 56.2 Å². The van der Waals surface area contributed by atoms with Gasteiger partial charge < -0.3 is 10.1 Å². The van der Waals surface area contributed by atoms with Gasteiger partial charge in [0.2, 0.25) is 5.91 Å². The zero-order valence-corrected chi connectivity index (χ0v) is 13.3. The van der Waals surface area contributed by atoms with Gasteiger partial charge in [-0.05, 0) is 30.9 Å². The van der Waals surface area contributed by atoms with Crippen LogP contribution in [0.25, 0.3) is 5.69 Å². The van der Waals surface area contributed by atoms with Gasteiger partial charge in [0.05, 0.1) is 18.6 Å². The summed E-state index contributed by atoms with van der Waals surface area (Å²) in [7, 11) is 1.65. The highest BCUT2D eigenvalue weighted by atomic mass is 32.2. The minimum absolute atomic E-state index is 0.0668. The van der Waals surface area contributed by atoms with Crippen molar-refractivity contribution in [3.63, 3.8) is 0 Å². The quantitative estimate of drug-likeness (QED) is 0.797. The molecule has 3 rings (SSSR count). The van der Waals surface area contributed by atoms with Crippen molar-refractivity contribution in [2.45, 2.75) is 18.0 Å². The molecule has 1 saturated carbocycles. The van der Waals surface area contributed by atoms with Crippen LogP contribution in [-0.4, -0.2) is 34.9 Å². The maximum Gasteiger partial charge on any atom is 0.230 e. The lowest BCUT2D eigenvalue weighted by Crippen LogP contribution is -2.27. The highest BCUT2D eigenvalue weighted by molar-refractivity contribution is 7.99. The van der Waals surface area contributed by atoms with Crippen molar-refractivity contribution in [2.24, 2.45) is 5.92 Å². The summed E-state index contributed by atoms with van der Waals surface area (Å²) >= 11 is 1.44. The van der Waals surface area contributed by atoms with Crippen LogP contribution < -0.4 is 10.1 Å². The Labute approximate surface area is 134 Å². The number of thioether (sulfide) groups is 1. The molecule has 1 aromatic carbocycles. The summed E-state index contributed by atoms with van der Waals surface area (Å²) in [6.45, 7) is 0.809. The Balaban J connectivity index is 1.62. The summed E-state index contributed by atoms with van der Waals surface area (Å²) in [5.74, 6) is 1.95. The van der Waals surface area contributed by atoms with Crippen molar-refractivity contribution >= 4 is 17.7 Å². The number of imidazole rings is 1. The molecular formula is C16H19N3O2S. The van der Waals surface area contributed by atoms with Crippen LogP contribution in [0, 0.1) is 5.92 Å². The maximum absolute atomic E-state index is 11.8. The van der Waals surface area contributed by atoms with Crippen molar-refractivity contribution in [1.82, 2.24) is 14.9 Å². The monoisotopic (exact) mass is 317 g/mol. The first-order valence-corrected chi connectivity index (χ1v) is 8.32. The fourth-order valence-corrected chi connectivity index (χ4v) is 2.92. The summed E-state index contributed by atoms with van der Waals surface area (Å²) in [4.78, 5) is 16.2. The predicted octanol–water partition coefficient (Wildman–Crippen LogP) is 2.50. The fraction of sp³-hybridized carbons (Fsp3) is 0.375. The van der Waals surface area contributed by atoms with E-state index in [0.717, 1.165) is 23.1 Å². The number of hydrogen-bond donors (Lipinski definition) is 1. The number of nitrogens with zero attached hydrogens (tertiary/aromatic N) is 2. The van der Waals surface area contributed by atoms with Gasteiger partial charge in [-0.15, -0.1) is 0 Å². The van der Waals surface area contributed by atoms with E-state index in [4.69, 9.17) is 4.74 Å². The normalized spacial score (nSPS) is 13.9. The molecule has 1 aromatic heterocycles. The summed E-state index contributed by atoms with van der Waals surface area (Å²) in [6.07, 6.45) is 6.12. The predicted molar refractivity (Wildman–Crippen MR) is 86.6 cm³/mol. The second kappa shape index (κ2) is 6.87. The first-order valence-electron chi connectivity index (χ1n) is 7.33. The number of rotatable bonds is 7. The molecule has 0 aliphatic heterocycles. The van der Waals surface area contributed by atoms with Crippen molar-refractivity contribution in [1.29, 1.82) is 0 Å². The van der Waals surface area contributed by atoms with Gasteiger partial charge in [-0.2, -0.15) is 0 Å². The van der Waals surface area contributed by atoms with Crippen molar-refractivity contribution < 1.29 is 9.53 Å². The third-order valence-corrected chi connectivity index (χ3v) is 4.52. The van der Waals surface area contributed by atoms with Gasteiger partial charge in [-0.3, -0.25) is 9.36 Å². The highest BCUT2D eigenvalue weighted by Gasteiger charge is 2.21. The Morgan fingerprint density at radius 3 is 3.14 bits per heavy atom. The van der Waals surface area contributed by atoms with Crippen LogP contribution in [0.5, 0.6) is 5.75 Å². The van der Waals surface area contributed by atoms with E-state index in [-0.39, 0.29) is 5.91 Å². The lowest BCUT2D eigenvalue weighted by Gasteiger charge is -2.09. The molecule has 6 heteroatoms. The molecule has 1 fully saturated rings. The first-order chi connectivity index (χ1) is 10.8. The minimum atomic E-state index is 0.0668. The molecule has 1 amide bonds. The molecule has 0 bridgehead atoms. The van der Waals surface area contributed by atoms with Gasteiger partial charge in [-0.1, -0.05) is 17.8 Å². The van der Waals surface area contributed by atoms with Gasteiger partial charge in [-0.25, -0.2) is 4.98 Å². The Morgan fingerprint density at radius 2 is 2.36 bits per heavy atom. The van der Waals surface area contributed by atoms with Crippen LogP contribution in [0.1, 0.15) is 12.8 Å².